The van der Waals surface area contributed by atoms with Gasteiger partial charge in [-0.3, -0.25) is 14.3 Å². The van der Waals surface area contributed by atoms with Crippen LogP contribution in [-0.2, 0) is 5.54 Å². The van der Waals surface area contributed by atoms with Gasteiger partial charge in [0.1, 0.15) is 11.0 Å². The Kier molecular flexibility index (Phi) is 4.05. The highest BCUT2D eigenvalue weighted by atomic mass is 35.5. The van der Waals surface area contributed by atoms with E-state index in [0.717, 1.165) is 4.57 Å². The van der Waals surface area contributed by atoms with Gasteiger partial charge in [-0.05, 0) is 26.3 Å². The molecule has 0 bridgehead atoms. The lowest BCUT2D eigenvalue weighted by molar-refractivity contribution is 0.318. The van der Waals surface area contributed by atoms with Crippen molar-refractivity contribution < 1.29 is 4.39 Å². The number of aromatic nitrogens is 2. The number of nitrogens with one attached hydrogen (secondary N) is 1. The standard InChI is InChI=1S/C15H16ClFN2O2/c1-4-15(2,3)19-13(20)11(12(16)18-14(19)21)9-7-5-6-8-10(9)17/h5-8H,4H2,1-3H3,(H,18,21). The van der Waals surface area contributed by atoms with Gasteiger partial charge in [-0.1, -0.05) is 36.7 Å². The quantitative estimate of drug-likeness (QED) is 0.885. The summed E-state index contributed by atoms with van der Waals surface area (Å²) in [5.41, 5.74) is -1.85. The van der Waals surface area contributed by atoms with Gasteiger partial charge in [0, 0.05) is 11.1 Å². The summed E-state index contributed by atoms with van der Waals surface area (Å²) in [6.45, 7) is 5.40. The number of aromatic amines is 1. The molecule has 4 nitrogen and oxygen atoms in total. The van der Waals surface area contributed by atoms with E-state index < -0.39 is 22.6 Å². The second kappa shape index (κ2) is 5.48. The minimum Gasteiger partial charge on any atom is -0.297 e. The van der Waals surface area contributed by atoms with Crippen LogP contribution in [0.25, 0.3) is 11.1 Å². The Morgan fingerprint density at radius 1 is 1.29 bits per heavy atom. The van der Waals surface area contributed by atoms with Crippen LogP contribution in [0.5, 0.6) is 0 Å². The molecule has 1 aromatic carbocycles. The first-order chi connectivity index (χ1) is 9.79. The highest BCUT2D eigenvalue weighted by Crippen LogP contribution is 2.25. The number of H-pyrrole nitrogens is 1. The molecule has 0 aliphatic heterocycles. The highest BCUT2D eigenvalue weighted by molar-refractivity contribution is 6.32. The molecule has 0 spiro atoms. The van der Waals surface area contributed by atoms with Crippen molar-refractivity contribution in [3.63, 3.8) is 0 Å². The lowest BCUT2D eigenvalue weighted by Gasteiger charge is -2.25. The topological polar surface area (TPSA) is 54.9 Å². The first-order valence-corrected chi connectivity index (χ1v) is 6.97. The molecule has 0 fully saturated rings. The first-order valence-electron chi connectivity index (χ1n) is 6.60. The van der Waals surface area contributed by atoms with Crippen molar-refractivity contribution >= 4 is 11.6 Å². The van der Waals surface area contributed by atoms with Crippen LogP contribution < -0.4 is 11.2 Å². The normalized spacial score (nSPS) is 11.7. The molecular weight excluding hydrogens is 295 g/mol. The van der Waals surface area contributed by atoms with E-state index >= 15 is 0 Å². The summed E-state index contributed by atoms with van der Waals surface area (Å²) < 4.78 is 15.0. The Morgan fingerprint density at radius 2 is 1.90 bits per heavy atom. The van der Waals surface area contributed by atoms with Gasteiger partial charge in [-0.2, -0.15) is 0 Å². The van der Waals surface area contributed by atoms with E-state index in [-0.39, 0.29) is 16.3 Å². The summed E-state index contributed by atoms with van der Waals surface area (Å²) in [5.74, 6) is -0.565. The van der Waals surface area contributed by atoms with Gasteiger partial charge in [0.2, 0.25) is 0 Å². The molecule has 0 unspecified atom stereocenters. The van der Waals surface area contributed by atoms with Crippen LogP contribution in [0.15, 0.2) is 33.9 Å². The molecule has 0 saturated carbocycles. The Bertz CT molecular complexity index is 793. The average Bonchev–Trinajstić information content (AvgIpc) is 2.40. The van der Waals surface area contributed by atoms with E-state index in [2.05, 4.69) is 4.98 Å². The second-order valence-corrected chi connectivity index (χ2v) is 5.78. The van der Waals surface area contributed by atoms with Gasteiger partial charge in [0.15, 0.2) is 0 Å². The van der Waals surface area contributed by atoms with Crippen molar-refractivity contribution in [1.29, 1.82) is 0 Å². The fraction of sp³-hybridized carbons (Fsp3) is 0.333. The minimum absolute atomic E-state index is 0.0316. The fourth-order valence-electron chi connectivity index (χ4n) is 2.12. The zero-order valence-corrected chi connectivity index (χ0v) is 12.8. The lowest BCUT2D eigenvalue weighted by atomic mass is 10.0. The second-order valence-electron chi connectivity index (χ2n) is 5.41. The van der Waals surface area contributed by atoms with Crippen LogP contribution >= 0.6 is 11.6 Å². The summed E-state index contributed by atoms with van der Waals surface area (Å²) in [4.78, 5) is 27.1. The van der Waals surface area contributed by atoms with Crippen molar-refractivity contribution in [3.05, 3.63) is 56.1 Å². The SMILES string of the molecule is CCC(C)(C)n1c(=O)[nH]c(Cl)c(-c2ccccc2F)c1=O. The number of halogens is 2. The molecule has 0 radical (unpaired) electrons. The molecule has 21 heavy (non-hydrogen) atoms. The van der Waals surface area contributed by atoms with E-state index in [9.17, 15) is 14.0 Å². The predicted octanol–water partition coefficient (Wildman–Crippen LogP) is 3.14. The third kappa shape index (κ3) is 2.65. The molecule has 0 aliphatic rings. The van der Waals surface area contributed by atoms with Crippen LogP contribution in [0.2, 0.25) is 5.15 Å². The first kappa shape index (κ1) is 15.5. The third-order valence-corrected chi connectivity index (χ3v) is 3.95. The molecule has 2 rings (SSSR count). The lowest BCUT2D eigenvalue weighted by Crippen LogP contribution is -2.46. The maximum atomic E-state index is 13.9. The molecule has 0 amide bonds. The number of nitrogens with zero attached hydrogens (tertiary/aromatic N) is 1. The van der Waals surface area contributed by atoms with Crippen molar-refractivity contribution in [2.75, 3.05) is 0 Å². The number of benzene rings is 1. The summed E-state index contributed by atoms with van der Waals surface area (Å²) in [6, 6.07) is 5.83. The largest absolute Gasteiger partial charge is 0.330 e. The molecule has 1 aromatic heterocycles. The fourth-order valence-corrected chi connectivity index (χ4v) is 2.38. The van der Waals surface area contributed by atoms with E-state index in [0.29, 0.717) is 6.42 Å². The van der Waals surface area contributed by atoms with Crippen LogP contribution in [0, 0.1) is 5.82 Å². The number of rotatable bonds is 3. The zero-order valence-electron chi connectivity index (χ0n) is 12.0. The van der Waals surface area contributed by atoms with Crippen molar-refractivity contribution in [3.8, 4) is 11.1 Å². The Morgan fingerprint density at radius 3 is 2.48 bits per heavy atom. The van der Waals surface area contributed by atoms with Crippen molar-refractivity contribution in [1.82, 2.24) is 9.55 Å². The van der Waals surface area contributed by atoms with Gasteiger partial charge in [-0.25, -0.2) is 9.18 Å². The van der Waals surface area contributed by atoms with Gasteiger partial charge in [-0.15, -0.1) is 0 Å². The Balaban J connectivity index is 2.88. The Labute approximate surface area is 126 Å². The highest BCUT2D eigenvalue weighted by Gasteiger charge is 2.26. The molecule has 0 saturated heterocycles. The number of hydrogen-bond acceptors (Lipinski definition) is 2. The zero-order chi connectivity index (χ0) is 15.8. The Hall–Kier alpha value is -1.88. The smallest absolute Gasteiger partial charge is 0.297 e. The molecule has 112 valence electrons. The van der Waals surface area contributed by atoms with Gasteiger partial charge >= 0.3 is 5.69 Å². The molecule has 6 heteroatoms. The molecule has 0 aliphatic carbocycles. The summed E-state index contributed by atoms with van der Waals surface area (Å²) in [7, 11) is 0. The van der Waals surface area contributed by atoms with E-state index in [4.69, 9.17) is 11.6 Å². The summed E-state index contributed by atoms with van der Waals surface area (Å²) >= 11 is 5.97. The average molecular weight is 311 g/mol. The van der Waals surface area contributed by atoms with Crippen LogP contribution in [0.4, 0.5) is 4.39 Å². The van der Waals surface area contributed by atoms with Gasteiger partial charge in [0.05, 0.1) is 5.56 Å². The maximum Gasteiger partial charge on any atom is 0.330 e. The number of hydrogen-bond donors (Lipinski definition) is 1. The van der Waals surface area contributed by atoms with Crippen molar-refractivity contribution in [2.24, 2.45) is 0 Å². The molecule has 1 N–H and O–H groups in total. The third-order valence-electron chi connectivity index (χ3n) is 3.67. The predicted molar refractivity (Wildman–Crippen MR) is 81.3 cm³/mol. The maximum absolute atomic E-state index is 13.9. The monoisotopic (exact) mass is 310 g/mol. The molecular formula is C15H16ClFN2O2. The van der Waals surface area contributed by atoms with E-state index in [1.807, 2.05) is 6.92 Å². The van der Waals surface area contributed by atoms with Crippen LogP contribution in [0.3, 0.4) is 0 Å². The van der Waals surface area contributed by atoms with Crippen LogP contribution in [-0.4, -0.2) is 9.55 Å². The summed E-state index contributed by atoms with van der Waals surface area (Å²) in [5, 5.41) is -0.154. The van der Waals surface area contributed by atoms with Gasteiger partial charge in [0.25, 0.3) is 5.56 Å². The van der Waals surface area contributed by atoms with Crippen LogP contribution in [0.1, 0.15) is 27.2 Å². The molecule has 2 aromatic rings. The van der Waals surface area contributed by atoms with E-state index in [1.54, 1.807) is 19.9 Å². The minimum atomic E-state index is -0.699. The molecule has 1 heterocycles. The van der Waals surface area contributed by atoms with E-state index in [1.165, 1.54) is 18.2 Å². The van der Waals surface area contributed by atoms with Crippen molar-refractivity contribution in [2.45, 2.75) is 32.7 Å². The van der Waals surface area contributed by atoms with Gasteiger partial charge < -0.3 is 0 Å². The molecule has 0 atom stereocenters. The summed E-state index contributed by atoms with van der Waals surface area (Å²) in [6.07, 6.45) is 0.564.